The van der Waals surface area contributed by atoms with Gasteiger partial charge in [-0.2, -0.15) is 0 Å². The number of nitrogens with zero attached hydrogens (tertiary/aromatic N) is 3. The van der Waals surface area contributed by atoms with E-state index < -0.39 is 0 Å². The van der Waals surface area contributed by atoms with Crippen LogP contribution in [-0.2, 0) is 0 Å². The Morgan fingerprint density at radius 2 is 2.15 bits per heavy atom. The first kappa shape index (κ1) is 12.2. The molecule has 3 N–H and O–H groups in total. The summed E-state index contributed by atoms with van der Waals surface area (Å²) in [7, 11) is 0. The molecule has 0 aliphatic carbocycles. The molecule has 1 aliphatic heterocycles. The van der Waals surface area contributed by atoms with Crippen LogP contribution in [0, 0.1) is 0 Å². The van der Waals surface area contributed by atoms with Crippen molar-refractivity contribution in [3.05, 3.63) is 36.5 Å². The van der Waals surface area contributed by atoms with Crippen LogP contribution in [0.2, 0.25) is 0 Å². The van der Waals surface area contributed by atoms with Crippen LogP contribution in [0.1, 0.15) is 0 Å². The molecule has 0 saturated heterocycles. The van der Waals surface area contributed by atoms with Gasteiger partial charge in [-0.1, -0.05) is 0 Å². The summed E-state index contributed by atoms with van der Waals surface area (Å²) < 4.78 is 6.31. The third-order valence-corrected chi connectivity index (χ3v) is 2.83. The minimum absolute atomic E-state index is 0.00841. The molecule has 7 heteroatoms. The third kappa shape index (κ3) is 2.33. The van der Waals surface area contributed by atoms with Gasteiger partial charge in [0, 0.05) is 24.7 Å². The number of hydrogen-bond donors (Lipinski definition) is 3. The summed E-state index contributed by atoms with van der Waals surface area (Å²) >= 11 is 0. The zero-order valence-electron chi connectivity index (χ0n) is 10.5. The van der Waals surface area contributed by atoms with E-state index in [0.717, 1.165) is 10.4 Å². The number of nitrogens with one attached hydrogen (secondary N) is 1. The van der Waals surface area contributed by atoms with Crippen molar-refractivity contribution < 1.29 is 19.8 Å². The van der Waals surface area contributed by atoms with E-state index in [-0.39, 0.29) is 17.3 Å². The monoisotopic (exact) mass is 273 g/mol. The summed E-state index contributed by atoms with van der Waals surface area (Å²) in [5.74, 6) is 0.863. The molecular weight excluding hydrogens is 260 g/mol. The predicted octanol–water partition coefficient (Wildman–Crippen LogP) is 2.14. The Morgan fingerprint density at radius 1 is 1.25 bits per heavy atom. The van der Waals surface area contributed by atoms with Crippen molar-refractivity contribution in [2.75, 3.05) is 18.5 Å². The molecule has 0 unspecified atom stereocenters. The Labute approximate surface area is 114 Å². The highest BCUT2D eigenvalue weighted by atomic mass is 16.5. The number of phenols is 1. The highest BCUT2D eigenvalue weighted by molar-refractivity contribution is 5.69. The highest BCUT2D eigenvalue weighted by Crippen LogP contribution is 2.39. The molecule has 2 heterocycles. The second kappa shape index (κ2) is 5.04. The van der Waals surface area contributed by atoms with Crippen LogP contribution in [0.15, 0.2) is 46.8 Å². The van der Waals surface area contributed by atoms with Crippen molar-refractivity contribution >= 4 is 17.2 Å². The number of benzene rings is 1. The molecule has 1 aliphatic rings. The van der Waals surface area contributed by atoms with Crippen LogP contribution in [0.5, 0.6) is 11.5 Å². The maximum atomic E-state index is 9.90. The maximum absolute atomic E-state index is 9.90. The summed E-state index contributed by atoms with van der Waals surface area (Å²) in [5, 5.41) is 30.3. The topological polar surface area (TPSA) is 90.3 Å². The smallest absolute Gasteiger partial charge is 0.388 e. The zero-order chi connectivity index (χ0) is 13.9. The van der Waals surface area contributed by atoms with Gasteiger partial charge in [0.2, 0.25) is 0 Å². The lowest BCUT2D eigenvalue weighted by Crippen LogP contribution is -2.28. The fourth-order valence-corrected chi connectivity index (χ4v) is 1.85. The molecule has 1 aromatic carbocycles. The number of rotatable bonds is 2. The lowest BCUT2D eigenvalue weighted by molar-refractivity contribution is -0.894. The predicted molar refractivity (Wildman–Crippen MR) is 70.1 cm³/mol. The average Bonchev–Trinajstić information content (AvgIpc) is 2.46. The molecule has 102 valence electrons. The lowest BCUT2D eigenvalue weighted by atomic mass is 10.2. The van der Waals surface area contributed by atoms with E-state index in [1.54, 1.807) is 30.3 Å². The van der Waals surface area contributed by atoms with Crippen LogP contribution in [0.3, 0.4) is 0 Å². The van der Waals surface area contributed by atoms with Gasteiger partial charge in [-0.15, -0.1) is 0 Å². The average molecular weight is 273 g/mol. The van der Waals surface area contributed by atoms with Gasteiger partial charge in [-0.05, 0) is 22.0 Å². The molecule has 0 bridgehead atoms. The second-order valence-corrected chi connectivity index (χ2v) is 4.22. The Bertz CT molecular complexity index is 673. The normalized spacial score (nSPS) is 13.6. The van der Waals surface area contributed by atoms with E-state index in [0.29, 0.717) is 18.9 Å². The fourth-order valence-electron chi connectivity index (χ4n) is 1.85. The standard InChI is InChI=1S/C13H12N4O3/c18-11-7-10-12(20-6-4-14-10)8-9(11)15-16-13-3-1-2-5-17(13)19/h1-3,5,7-8,19H,4,6H2,(H,14,18)/p+1. The Hall–Kier alpha value is -2.83. The Balaban J connectivity index is 1.93. The molecule has 20 heavy (non-hydrogen) atoms. The van der Waals surface area contributed by atoms with Crippen molar-refractivity contribution in [1.29, 1.82) is 0 Å². The summed E-state index contributed by atoms with van der Waals surface area (Å²) in [6, 6.07) is 8.12. The van der Waals surface area contributed by atoms with Crippen molar-refractivity contribution in [2.24, 2.45) is 10.2 Å². The van der Waals surface area contributed by atoms with E-state index in [2.05, 4.69) is 15.5 Å². The number of ether oxygens (including phenoxy) is 1. The number of aromatic nitrogens is 1. The molecule has 0 spiro atoms. The van der Waals surface area contributed by atoms with Crippen LogP contribution < -0.4 is 14.8 Å². The molecule has 3 rings (SSSR count). The van der Waals surface area contributed by atoms with Gasteiger partial charge in [0.05, 0.1) is 10.8 Å². The maximum Gasteiger partial charge on any atom is 0.388 e. The number of fused-ring (bicyclic) bond motifs is 1. The number of pyridine rings is 1. The van der Waals surface area contributed by atoms with E-state index in [1.807, 2.05) is 0 Å². The van der Waals surface area contributed by atoms with Crippen molar-refractivity contribution in [3.8, 4) is 11.5 Å². The molecule has 0 atom stereocenters. The highest BCUT2D eigenvalue weighted by Gasteiger charge is 2.15. The number of azo groups is 1. The van der Waals surface area contributed by atoms with Crippen molar-refractivity contribution in [1.82, 2.24) is 0 Å². The first-order valence-electron chi connectivity index (χ1n) is 6.09. The molecule has 7 nitrogen and oxygen atoms in total. The second-order valence-electron chi connectivity index (χ2n) is 4.22. The van der Waals surface area contributed by atoms with Crippen LogP contribution in [0.4, 0.5) is 17.2 Å². The van der Waals surface area contributed by atoms with Gasteiger partial charge >= 0.3 is 5.82 Å². The molecule has 0 amide bonds. The molecule has 0 fully saturated rings. The van der Waals surface area contributed by atoms with E-state index in [4.69, 9.17) is 4.74 Å². The van der Waals surface area contributed by atoms with Gasteiger partial charge in [0.15, 0.2) is 5.69 Å². The van der Waals surface area contributed by atoms with Crippen LogP contribution >= 0.6 is 0 Å². The van der Waals surface area contributed by atoms with Crippen molar-refractivity contribution in [2.45, 2.75) is 0 Å². The van der Waals surface area contributed by atoms with E-state index >= 15 is 0 Å². The van der Waals surface area contributed by atoms with Crippen LogP contribution in [-0.4, -0.2) is 23.5 Å². The van der Waals surface area contributed by atoms with Crippen LogP contribution in [0.25, 0.3) is 0 Å². The minimum atomic E-state index is -0.00841. The first-order valence-corrected chi connectivity index (χ1v) is 6.09. The van der Waals surface area contributed by atoms with E-state index in [1.165, 1.54) is 6.20 Å². The molecule has 1 aromatic heterocycles. The number of anilines is 1. The van der Waals surface area contributed by atoms with Gasteiger partial charge in [-0.3, -0.25) is 0 Å². The van der Waals surface area contributed by atoms with Gasteiger partial charge < -0.3 is 20.4 Å². The largest absolute Gasteiger partial charge is 0.505 e. The summed E-state index contributed by atoms with van der Waals surface area (Å²) in [6.45, 7) is 1.26. The van der Waals surface area contributed by atoms with Gasteiger partial charge in [0.1, 0.15) is 24.3 Å². The molecule has 2 aromatic rings. The summed E-state index contributed by atoms with van der Waals surface area (Å²) in [5.41, 5.74) is 1.00. The summed E-state index contributed by atoms with van der Waals surface area (Å²) in [6.07, 6.45) is 1.44. The number of phenolic OH excluding ortho intramolecular Hbond substituents is 1. The Morgan fingerprint density at radius 3 is 3.00 bits per heavy atom. The molecule has 0 saturated carbocycles. The van der Waals surface area contributed by atoms with E-state index in [9.17, 15) is 10.3 Å². The molecule has 0 radical (unpaired) electrons. The third-order valence-electron chi connectivity index (χ3n) is 2.83. The van der Waals surface area contributed by atoms with Gasteiger partial charge in [-0.25, -0.2) is 0 Å². The fraction of sp³-hybridized carbons (Fsp3) is 0.154. The number of hydrogen-bond acceptors (Lipinski definition) is 6. The Kier molecular flexibility index (Phi) is 3.08. The minimum Gasteiger partial charge on any atom is -0.505 e. The first-order chi connectivity index (χ1) is 9.74. The SMILES string of the molecule is Oc1cc2c(cc1N=Nc1cccc[n+]1O)OCCN2. The molecular formula is C13H13N4O3+. The lowest BCUT2D eigenvalue weighted by Gasteiger charge is -2.19. The van der Waals surface area contributed by atoms with Crippen molar-refractivity contribution in [3.63, 3.8) is 0 Å². The quantitative estimate of drug-likeness (QED) is 0.444. The summed E-state index contributed by atoms with van der Waals surface area (Å²) in [4.78, 5) is 0. The zero-order valence-corrected chi connectivity index (χ0v) is 10.5. The van der Waals surface area contributed by atoms with Gasteiger partial charge in [0.25, 0.3) is 0 Å². The number of aromatic hydroxyl groups is 1.